The van der Waals surface area contributed by atoms with Crippen LogP contribution in [-0.4, -0.2) is 23.2 Å². The van der Waals surface area contributed by atoms with Crippen molar-refractivity contribution in [2.75, 3.05) is 13.7 Å². The van der Waals surface area contributed by atoms with E-state index < -0.39 is 11.7 Å². The van der Waals surface area contributed by atoms with Gasteiger partial charge in [-0.1, -0.05) is 12.1 Å². The maximum atomic E-state index is 12.6. The number of aryl methyl sites for hydroxylation is 1. The normalized spacial score (nSPS) is 17.6. The molecule has 1 N–H and O–H groups in total. The molecule has 1 atom stereocenters. The van der Waals surface area contributed by atoms with Crippen molar-refractivity contribution in [3.63, 3.8) is 0 Å². The molecule has 1 aliphatic rings. The number of rotatable bonds is 5. The summed E-state index contributed by atoms with van der Waals surface area (Å²) in [5.41, 5.74) is 1.44. The molecule has 0 spiro atoms. The zero-order valence-electron chi connectivity index (χ0n) is 13.7. The number of aromatic nitrogens is 2. The maximum absolute atomic E-state index is 12.6. The lowest BCUT2D eigenvalue weighted by molar-refractivity contribution is -0.137. The van der Waals surface area contributed by atoms with E-state index in [1.165, 1.54) is 0 Å². The average Bonchev–Trinajstić information content (AvgIpc) is 2.90. The predicted molar refractivity (Wildman–Crippen MR) is 96.2 cm³/mol. The summed E-state index contributed by atoms with van der Waals surface area (Å²) >= 11 is 2.23. The lowest BCUT2D eigenvalue weighted by atomic mass is 10.0. The van der Waals surface area contributed by atoms with Crippen molar-refractivity contribution < 1.29 is 17.9 Å². The fraction of sp³-hybridized carbons (Fsp3) is 0.471. The number of halogens is 4. The first-order valence-corrected chi connectivity index (χ1v) is 9.11. The third-order valence-corrected chi connectivity index (χ3v) is 5.17. The first-order chi connectivity index (χ1) is 11.9. The lowest BCUT2D eigenvalue weighted by Gasteiger charge is -2.27. The molecular formula is C17H19F3IN3O. The monoisotopic (exact) mass is 465 g/mol. The molecule has 1 aromatic heterocycles. The third kappa shape index (κ3) is 4.17. The second-order valence-corrected chi connectivity index (χ2v) is 7.05. The molecule has 0 radical (unpaired) electrons. The smallest absolute Gasteiger partial charge is 0.377 e. The van der Waals surface area contributed by atoms with E-state index in [0.717, 1.165) is 52.4 Å². The number of nitrogens with one attached hydrogen (secondary N) is 1. The number of alkyl halides is 3. The molecule has 1 unspecified atom stereocenters. The Labute approximate surface area is 157 Å². The van der Waals surface area contributed by atoms with Crippen LogP contribution in [0.25, 0.3) is 0 Å². The topological polar surface area (TPSA) is 39.1 Å². The molecule has 0 amide bonds. The Morgan fingerprint density at radius 2 is 2.04 bits per heavy atom. The largest absolute Gasteiger partial charge is 0.416 e. The van der Waals surface area contributed by atoms with Gasteiger partial charge < -0.3 is 14.6 Å². The van der Waals surface area contributed by atoms with Crippen LogP contribution < -0.4 is 5.32 Å². The maximum Gasteiger partial charge on any atom is 0.416 e. The van der Waals surface area contributed by atoms with Gasteiger partial charge in [0.05, 0.1) is 17.3 Å². The van der Waals surface area contributed by atoms with Gasteiger partial charge in [0.15, 0.2) is 0 Å². The second-order valence-electron chi connectivity index (χ2n) is 6.03. The van der Waals surface area contributed by atoms with Gasteiger partial charge in [-0.05, 0) is 53.1 Å². The van der Waals surface area contributed by atoms with E-state index in [4.69, 9.17) is 4.74 Å². The Balaban J connectivity index is 1.71. The van der Waals surface area contributed by atoms with E-state index >= 15 is 0 Å². The highest BCUT2D eigenvalue weighted by atomic mass is 127. The quantitative estimate of drug-likeness (QED) is 0.681. The standard InChI is InChI=1S/C17H19F3IN3O/c1-25-10-14-23-16(21)15-13(22-8-9-24(14)15)7-4-11-2-5-12(6-3-11)17(18,19)20/h2-3,5-6,13,22H,4,7-10H2,1H3. The Bertz CT molecular complexity index is 728. The van der Waals surface area contributed by atoms with Crippen LogP contribution in [-0.2, 0) is 30.5 Å². The molecule has 25 heavy (non-hydrogen) atoms. The number of methoxy groups -OCH3 is 1. The Hall–Kier alpha value is -1.13. The van der Waals surface area contributed by atoms with E-state index in [2.05, 4.69) is 37.5 Å². The lowest BCUT2D eigenvalue weighted by Crippen LogP contribution is -2.34. The minimum Gasteiger partial charge on any atom is -0.377 e. The molecule has 8 heteroatoms. The second kappa shape index (κ2) is 7.63. The molecule has 0 bridgehead atoms. The van der Waals surface area contributed by atoms with Crippen molar-refractivity contribution in [3.05, 3.63) is 50.6 Å². The number of imidazole rings is 1. The van der Waals surface area contributed by atoms with E-state index in [1.807, 2.05) is 0 Å². The van der Waals surface area contributed by atoms with Crippen LogP contribution in [0.3, 0.4) is 0 Å². The van der Waals surface area contributed by atoms with Crippen molar-refractivity contribution in [1.29, 1.82) is 0 Å². The molecule has 3 rings (SSSR count). The first kappa shape index (κ1) is 18.7. The van der Waals surface area contributed by atoms with E-state index in [9.17, 15) is 13.2 Å². The van der Waals surface area contributed by atoms with Gasteiger partial charge in [0, 0.05) is 20.2 Å². The molecule has 1 aromatic carbocycles. The van der Waals surface area contributed by atoms with Gasteiger partial charge in [-0.15, -0.1) is 0 Å². The van der Waals surface area contributed by atoms with E-state index in [1.54, 1.807) is 19.2 Å². The van der Waals surface area contributed by atoms with Gasteiger partial charge in [-0.2, -0.15) is 13.2 Å². The fourth-order valence-electron chi connectivity index (χ4n) is 3.16. The number of benzene rings is 1. The van der Waals surface area contributed by atoms with Gasteiger partial charge in [0.2, 0.25) is 0 Å². The molecule has 0 saturated heterocycles. The predicted octanol–water partition coefficient (Wildman–Crippen LogP) is 3.93. The third-order valence-electron chi connectivity index (χ3n) is 4.37. The molecule has 1 aliphatic heterocycles. The number of ether oxygens (including phenoxy) is 1. The number of hydrogen-bond donors (Lipinski definition) is 1. The van der Waals surface area contributed by atoms with Crippen LogP contribution in [0.4, 0.5) is 13.2 Å². The van der Waals surface area contributed by atoms with Crippen LogP contribution in [0, 0.1) is 3.70 Å². The molecule has 2 aromatic rings. The van der Waals surface area contributed by atoms with Gasteiger partial charge >= 0.3 is 6.18 Å². The highest BCUT2D eigenvalue weighted by molar-refractivity contribution is 14.1. The van der Waals surface area contributed by atoms with Gasteiger partial charge in [0.25, 0.3) is 0 Å². The van der Waals surface area contributed by atoms with Crippen LogP contribution >= 0.6 is 22.6 Å². The summed E-state index contributed by atoms with van der Waals surface area (Å²) in [6, 6.07) is 5.55. The summed E-state index contributed by atoms with van der Waals surface area (Å²) in [7, 11) is 1.65. The van der Waals surface area contributed by atoms with Crippen molar-refractivity contribution >= 4 is 22.6 Å². The number of hydrogen-bond acceptors (Lipinski definition) is 3. The molecule has 4 nitrogen and oxygen atoms in total. The number of fused-ring (bicyclic) bond motifs is 1. The zero-order chi connectivity index (χ0) is 18.0. The van der Waals surface area contributed by atoms with Crippen LogP contribution in [0.2, 0.25) is 0 Å². The Kier molecular flexibility index (Phi) is 5.69. The highest BCUT2D eigenvalue weighted by Gasteiger charge is 2.30. The Morgan fingerprint density at radius 3 is 2.68 bits per heavy atom. The van der Waals surface area contributed by atoms with Crippen LogP contribution in [0.1, 0.15) is 35.1 Å². The van der Waals surface area contributed by atoms with Crippen LogP contribution in [0.15, 0.2) is 24.3 Å². The highest BCUT2D eigenvalue weighted by Crippen LogP contribution is 2.31. The van der Waals surface area contributed by atoms with Gasteiger partial charge in [-0.25, -0.2) is 4.98 Å². The molecule has 0 fully saturated rings. The average molecular weight is 465 g/mol. The zero-order valence-corrected chi connectivity index (χ0v) is 15.9. The SMILES string of the molecule is COCc1nc(I)c2n1CCNC2CCc1ccc(C(F)(F)F)cc1. The summed E-state index contributed by atoms with van der Waals surface area (Å²) in [6.07, 6.45) is -2.78. The van der Waals surface area contributed by atoms with Gasteiger partial charge in [0.1, 0.15) is 16.1 Å². The molecule has 0 aliphatic carbocycles. The fourth-order valence-corrected chi connectivity index (χ4v) is 4.10. The first-order valence-electron chi connectivity index (χ1n) is 8.03. The summed E-state index contributed by atoms with van der Waals surface area (Å²) in [5.74, 6) is 0.919. The molecule has 0 saturated carbocycles. The summed E-state index contributed by atoms with van der Waals surface area (Å²) in [4.78, 5) is 4.59. The van der Waals surface area contributed by atoms with Crippen LogP contribution in [0.5, 0.6) is 0 Å². The van der Waals surface area contributed by atoms with E-state index in [0.29, 0.717) is 13.0 Å². The summed E-state index contributed by atoms with van der Waals surface area (Å²) < 4.78 is 46.3. The van der Waals surface area contributed by atoms with E-state index in [-0.39, 0.29) is 6.04 Å². The van der Waals surface area contributed by atoms with Crippen molar-refractivity contribution in [2.24, 2.45) is 0 Å². The minimum atomic E-state index is -4.29. The van der Waals surface area contributed by atoms with Gasteiger partial charge in [-0.3, -0.25) is 0 Å². The summed E-state index contributed by atoms with van der Waals surface area (Å²) in [6.45, 7) is 2.16. The van der Waals surface area contributed by atoms with Crippen molar-refractivity contribution in [1.82, 2.24) is 14.9 Å². The minimum absolute atomic E-state index is 0.140. The summed E-state index contributed by atoms with van der Waals surface area (Å²) in [5, 5.41) is 3.49. The van der Waals surface area contributed by atoms with Crippen molar-refractivity contribution in [2.45, 2.75) is 38.2 Å². The Morgan fingerprint density at radius 1 is 1.32 bits per heavy atom. The van der Waals surface area contributed by atoms with Crippen molar-refractivity contribution in [3.8, 4) is 0 Å². The molecular weight excluding hydrogens is 446 g/mol. The molecule has 2 heterocycles. The molecule has 136 valence electrons. The number of nitrogens with zero attached hydrogens (tertiary/aromatic N) is 2.